The lowest BCUT2D eigenvalue weighted by Gasteiger charge is -2.27. The number of aryl methyl sites for hydroxylation is 2. The molecule has 1 saturated heterocycles. The number of carbonyl (C=O) groups excluding carboxylic acids is 1. The number of hydrogen-bond acceptors (Lipinski definition) is 3. The van der Waals surface area contributed by atoms with E-state index in [2.05, 4.69) is 50.5 Å². The zero-order valence-corrected chi connectivity index (χ0v) is 15.4. The van der Waals surface area contributed by atoms with Crippen LogP contribution in [0.5, 0.6) is 0 Å². The first kappa shape index (κ1) is 19.4. The van der Waals surface area contributed by atoms with Gasteiger partial charge in [-0.1, -0.05) is 28.1 Å². The lowest BCUT2D eigenvalue weighted by molar-refractivity contribution is -0.121. The molecule has 0 saturated carbocycles. The predicted molar refractivity (Wildman–Crippen MR) is 96.8 cm³/mol. The number of carbonyl (C=O) groups is 1. The van der Waals surface area contributed by atoms with E-state index in [4.69, 9.17) is 0 Å². The van der Waals surface area contributed by atoms with Crippen LogP contribution in [0.4, 0.5) is 0 Å². The van der Waals surface area contributed by atoms with E-state index in [1.165, 1.54) is 11.1 Å². The van der Waals surface area contributed by atoms with E-state index < -0.39 is 0 Å². The molecule has 22 heavy (non-hydrogen) atoms. The van der Waals surface area contributed by atoms with Crippen molar-refractivity contribution in [1.82, 2.24) is 15.5 Å². The highest BCUT2D eigenvalue weighted by molar-refractivity contribution is 9.10. The van der Waals surface area contributed by atoms with Gasteiger partial charge in [-0.2, -0.15) is 0 Å². The van der Waals surface area contributed by atoms with Gasteiger partial charge in [0.25, 0.3) is 0 Å². The topological polar surface area (TPSA) is 44.4 Å². The molecular weight excluding hydrogens is 366 g/mol. The van der Waals surface area contributed by atoms with Crippen LogP contribution in [0.3, 0.4) is 0 Å². The molecule has 1 aliphatic rings. The highest BCUT2D eigenvalue weighted by Crippen LogP contribution is 2.17. The van der Waals surface area contributed by atoms with Crippen LogP contribution in [0, 0.1) is 6.92 Å². The van der Waals surface area contributed by atoms with E-state index in [9.17, 15) is 4.79 Å². The number of halogens is 2. The Hall–Kier alpha value is -0.620. The average Bonchev–Trinajstić information content (AvgIpc) is 2.49. The Kier molecular flexibility index (Phi) is 9.02. The predicted octanol–water partition coefficient (Wildman–Crippen LogP) is 2.13. The summed E-state index contributed by atoms with van der Waals surface area (Å²) in [6.07, 6.45) is 1.36. The van der Waals surface area contributed by atoms with Crippen LogP contribution in [0.1, 0.15) is 17.5 Å². The monoisotopic (exact) mass is 389 g/mol. The summed E-state index contributed by atoms with van der Waals surface area (Å²) in [5.74, 6) is 0.144. The number of rotatable bonds is 6. The summed E-state index contributed by atoms with van der Waals surface area (Å²) in [7, 11) is 0. The second kappa shape index (κ2) is 10.2. The molecule has 6 heteroatoms. The van der Waals surface area contributed by atoms with Crippen molar-refractivity contribution in [3.63, 3.8) is 0 Å². The molecule has 1 fully saturated rings. The lowest BCUT2D eigenvalue weighted by Crippen LogP contribution is -2.46. The van der Waals surface area contributed by atoms with Gasteiger partial charge in [0.1, 0.15) is 0 Å². The van der Waals surface area contributed by atoms with E-state index in [-0.39, 0.29) is 18.3 Å². The Morgan fingerprint density at radius 1 is 1.36 bits per heavy atom. The third kappa shape index (κ3) is 6.65. The van der Waals surface area contributed by atoms with Gasteiger partial charge >= 0.3 is 0 Å². The van der Waals surface area contributed by atoms with Gasteiger partial charge in [0, 0.05) is 50.2 Å². The van der Waals surface area contributed by atoms with E-state index in [1.807, 2.05) is 6.07 Å². The minimum atomic E-state index is 0. The summed E-state index contributed by atoms with van der Waals surface area (Å²) in [5, 5.41) is 6.34. The first-order valence-electron chi connectivity index (χ1n) is 7.60. The van der Waals surface area contributed by atoms with Crippen LogP contribution in [0.15, 0.2) is 22.7 Å². The van der Waals surface area contributed by atoms with Gasteiger partial charge in [-0.05, 0) is 30.5 Å². The summed E-state index contributed by atoms with van der Waals surface area (Å²) in [4.78, 5) is 14.2. The molecule has 0 unspecified atom stereocenters. The third-order valence-corrected chi connectivity index (χ3v) is 4.71. The van der Waals surface area contributed by atoms with Crippen LogP contribution >= 0.6 is 28.3 Å². The summed E-state index contributed by atoms with van der Waals surface area (Å²) >= 11 is 3.49. The highest BCUT2D eigenvalue weighted by Gasteiger charge is 2.09. The number of piperazine rings is 1. The van der Waals surface area contributed by atoms with Crippen LogP contribution in [0.25, 0.3) is 0 Å². The van der Waals surface area contributed by atoms with Crippen molar-refractivity contribution < 1.29 is 4.79 Å². The molecule has 4 nitrogen and oxygen atoms in total. The molecule has 1 amide bonds. The van der Waals surface area contributed by atoms with Gasteiger partial charge in [0.15, 0.2) is 0 Å². The van der Waals surface area contributed by atoms with Gasteiger partial charge in [-0.15, -0.1) is 12.4 Å². The van der Waals surface area contributed by atoms with Crippen molar-refractivity contribution in [2.45, 2.75) is 19.8 Å². The molecule has 0 radical (unpaired) electrons. The number of amides is 1. The van der Waals surface area contributed by atoms with Crippen molar-refractivity contribution in [2.75, 3.05) is 39.3 Å². The summed E-state index contributed by atoms with van der Waals surface area (Å²) in [6, 6.07) is 6.26. The maximum atomic E-state index is 11.9. The van der Waals surface area contributed by atoms with Gasteiger partial charge < -0.3 is 10.6 Å². The first-order valence-corrected chi connectivity index (χ1v) is 8.39. The standard InChI is InChI=1S/C16H24BrN3O.ClH/c1-13-12-14(2-4-15(13)17)3-5-16(21)19-8-11-20-9-6-18-7-10-20;/h2,4,12,18H,3,5-11H2,1H3,(H,19,21);1H. The average molecular weight is 391 g/mol. The fraction of sp³-hybridized carbons (Fsp3) is 0.562. The normalized spacial score (nSPS) is 15.2. The van der Waals surface area contributed by atoms with Crippen molar-refractivity contribution in [1.29, 1.82) is 0 Å². The van der Waals surface area contributed by atoms with Crippen LogP contribution in [-0.2, 0) is 11.2 Å². The SMILES string of the molecule is Cc1cc(CCC(=O)NCCN2CCNCC2)ccc1Br.Cl. The molecule has 124 valence electrons. The molecule has 1 aliphatic heterocycles. The Morgan fingerprint density at radius 2 is 2.09 bits per heavy atom. The number of nitrogens with one attached hydrogen (secondary N) is 2. The molecule has 1 aromatic rings. The Bertz CT molecular complexity index is 478. The summed E-state index contributed by atoms with van der Waals surface area (Å²) < 4.78 is 1.12. The van der Waals surface area contributed by atoms with Gasteiger partial charge in [0.2, 0.25) is 5.91 Å². The zero-order valence-electron chi connectivity index (χ0n) is 13.0. The fourth-order valence-electron chi connectivity index (χ4n) is 2.50. The smallest absolute Gasteiger partial charge is 0.220 e. The van der Waals surface area contributed by atoms with E-state index >= 15 is 0 Å². The van der Waals surface area contributed by atoms with Crippen molar-refractivity contribution in [3.05, 3.63) is 33.8 Å². The minimum absolute atomic E-state index is 0. The molecule has 0 aromatic heterocycles. The third-order valence-electron chi connectivity index (χ3n) is 3.82. The van der Waals surface area contributed by atoms with E-state index in [1.54, 1.807) is 0 Å². The maximum Gasteiger partial charge on any atom is 0.220 e. The summed E-state index contributed by atoms with van der Waals surface area (Å²) in [5.41, 5.74) is 2.43. The largest absolute Gasteiger partial charge is 0.355 e. The first-order chi connectivity index (χ1) is 10.1. The van der Waals surface area contributed by atoms with Crippen molar-refractivity contribution in [3.8, 4) is 0 Å². The number of benzene rings is 1. The molecule has 2 N–H and O–H groups in total. The van der Waals surface area contributed by atoms with Gasteiger partial charge in [-0.3, -0.25) is 9.69 Å². The molecule has 1 heterocycles. The molecule has 0 atom stereocenters. The van der Waals surface area contributed by atoms with Gasteiger partial charge in [0.05, 0.1) is 0 Å². The van der Waals surface area contributed by atoms with Gasteiger partial charge in [-0.25, -0.2) is 0 Å². The molecule has 0 bridgehead atoms. The zero-order chi connectivity index (χ0) is 15.1. The van der Waals surface area contributed by atoms with E-state index in [0.717, 1.165) is 50.2 Å². The fourth-order valence-corrected chi connectivity index (χ4v) is 2.74. The summed E-state index contributed by atoms with van der Waals surface area (Å²) in [6.45, 7) is 8.03. The highest BCUT2D eigenvalue weighted by atomic mass is 79.9. The Balaban J connectivity index is 0.00000242. The molecule has 2 rings (SSSR count). The molecule has 0 aliphatic carbocycles. The Morgan fingerprint density at radius 3 is 2.77 bits per heavy atom. The number of nitrogens with zero attached hydrogens (tertiary/aromatic N) is 1. The quantitative estimate of drug-likeness (QED) is 0.782. The van der Waals surface area contributed by atoms with E-state index in [0.29, 0.717) is 6.42 Å². The minimum Gasteiger partial charge on any atom is -0.355 e. The second-order valence-electron chi connectivity index (χ2n) is 5.53. The Labute approximate surface area is 147 Å². The van der Waals surface area contributed by atoms with Crippen molar-refractivity contribution >= 4 is 34.2 Å². The second-order valence-corrected chi connectivity index (χ2v) is 6.38. The van der Waals surface area contributed by atoms with Crippen LogP contribution in [-0.4, -0.2) is 50.1 Å². The molecular formula is C16H25BrClN3O. The van der Waals surface area contributed by atoms with Crippen LogP contribution < -0.4 is 10.6 Å². The maximum absolute atomic E-state index is 11.9. The molecule has 0 spiro atoms. The van der Waals surface area contributed by atoms with Crippen molar-refractivity contribution in [2.24, 2.45) is 0 Å². The lowest BCUT2D eigenvalue weighted by atomic mass is 10.1. The number of hydrogen-bond donors (Lipinski definition) is 2. The van der Waals surface area contributed by atoms with Crippen LogP contribution in [0.2, 0.25) is 0 Å². The molecule has 1 aromatic carbocycles.